The van der Waals surface area contributed by atoms with Gasteiger partial charge in [0.1, 0.15) is 6.33 Å². The smallest absolute Gasteiger partial charge is 0.241 e. The summed E-state index contributed by atoms with van der Waals surface area (Å²) < 4.78 is 1.78. The van der Waals surface area contributed by atoms with E-state index in [-0.39, 0.29) is 0 Å². The molecule has 1 saturated heterocycles. The molecule has 1 unspecified atom stereocenters. The molecule has 1 aliphatic heterocycles. The molecule has 20 heavy (non-hydrogen) atoms. The molecule has 1 atom stereocenters. The van der Waals surface area contributed by atoms with Crippen molar-refractivity contribution in [2.75, 3.05) is 35.8 Å². The molecule has 0 aliphatic carbocycles. The van der Waals surface area contributed by atoms with E-state index in [1.165, 1.54) is 12.2 Å². The molecule has 0 bridgehead atoms. The Labute approximate surface area is 121 Å². The molecule has 1 aliphatic rings. The van der Waals surface area contributed by atoms with Crippen LogP contribution in [-0.4, -0.2) is 56.1 Å². The van der Waals surface area contributed by atoms with Gasteiger partial charge in [0.2, 0.25) is 17.8 Å². The Morgan fingerprint density at radius 2 is 2.30 bits per heavy atom. The number of rotatable bonds is 4. The Morgan fingerprint density at radius 1 is 1.40 bits per heavy atom. The maximum atomic E-state index is 4.55. The highest BCUT2D eigenvalue weighted by atomic mass is 32.2. The Balaban J connectivity index is 1.95. The summed E-state index contributed by atoms with van der Waals surface area (Å²) in [5.74, 6) is 4.16. The zero-order chi connectivity index (χ0) is 13.9. The van der Waals surface area contributed by atoms with Gasteiger partial charge in [-0.3, -0.25) is 4.57 Å². The van der Waals surface area contributed by atoms with Gasteiger partial charge in [-0.15, -0.1) is 0 Å². The normalized spacial score (nSPS) is 18.2. The zero-order valence-electron chi connectivity index (χ0n) is 11.5. The highest BCUT2D eigenvalue weighted by Gasteiger charge is 2.23. The summed E-state index contributed by atoms with van der Waals surface area (Å²) in [6, 6.07) is 0.489. The molecule has 0 radical (unpaired) electrons. The van der Waals surface area contributed by atoms with Crippen LogP contribution in [0.1, 0.15) is 6.42 Å². The minimum absolute atomic E-state index is 0.489. The standard InChI is InChI=1S/C12H17N7S/c1-13-10-15-11(18(2)9-3-6-20-7-9)17-12(16-10)19-5-4-14-8-19/h4-5,8-9H,3,6-7H2,1-2H3,(H,13,15,16,17). The molecule has 2 aromatic heterocycles. The second kappa shape index (κ2) is 5.66. The Bertz CT molecular complexity index is 565. The van der Waals surface area contributed by atoms with Crippen LogP contribution in [0.5, 0.6) is 0 Å². The Morgan fingerprint density at radius 3 is 2.95 bits per heavy atom. The molecule has 7 nitrogen and oxygen atoms in total. The first-order valence-electron chi connectivity index (χ1n) is 6.50. The van der Waals surface area contributed by atoms with Crippen LogP contribution >= 0.6 is 11.8 Å². The summed E-state index contributed by atoms with van der Waals surface area (Å²) in [6.07, 6.45) is 6.38. The highest BCUT2D eigenvalue weighted by molar-refractivity contribution is 7.99. The lowest BCUT2D eigenvalue weighted by Gasteiger charge is -2.24. The van der Waals surface area contributed by atoms with Gasteiger partial charge >= 0.3 is 0 Å². The highest BCUT2D eigenvalue weighted by Crippen LogP contribution is 2.24. The van der Waals surface area contributed by atoms with Gasteiger partial charge in [0.15, 0.2) is 0 Å². The van der Waals surface area contributed by atoms with Gasteiger partial charge in [0.25, 0.3) is 0 Å². The van der Waals surface area contributed by atoms with Crippen molar-refractivity contribution < 1.29 is 0 Å². The van der Waals surface area contributed by atoms with E-state index < -0.39 is 0 Å². The number of imidazole rings is 1. The summed E-state index contributed by atoms with van der Waals surface area (Å²) in [5, 5.41) is 2.99. The maximum Gasteiger partial charge on any atom is 0.241 e. The molecule has 8 heteroatoms. The van der Waals surface area contributed by atoms with Crippen LogP contribution in [0.15, 0.2) is 18.7 Å². The summed E-state index contributed by atoms with van der Waals surface area (Å²) in [7, 11) is 3.85. The summed E-state index contributed by atoms with van der Waals surface area (Å²) in [4.78, 5) is 19.5. The van der Waals surface area contributed by atoms with Crippen molar-refractivity contribution in [2.24, 2.45) is 0 Å². The predicted molar refractivity (Wildman–Crippen MR) is 80.6 cm³/mol. The van der Waals surface area contributed by atoms with E-state index in [4.69, 9.17) is 0 Å². The van der Waals surface area contributed by atoms with Crippen LogP contribution in [-0.2, 0) is 0 Å². The minimum Gasteiger partial charge on any atom is -0.357 e. The Kier molecular flexibility index (Phi) is 3.72. The van der Waals surface area contributed by atoms with Crippen LogP contribution in [0.4, 0.5) is 11.9 Å². The minimum atomic E-state index is 0.489. The first kappa shape index (κ1) is 13.2. The van der Waals surface area contributed by atoms with Gasteiger partial charge in [0, 0.05) is 38.3 Å². The average Bonchev–Trinajstić information content (AvgIpc) is 3.18. The predicted octanol–water partition coefficient (Wildman–Crippen LogP) is 1.04. The van der Waals surface area contributed by atoms with Gasteiger partial charge in [-0.2, -0.15) is 26.7 Å². The van der Waals surface area contributed by atoms with Crippen molar-refractivity contribution in [1.29, 1.82) is 0 Å². The maximum absolute atomic E-state index is 4.55. The van der Waals surface area contributed by atoms with Crippen LogP contribution in [0.3, 0.4) is 0 Å². The van der Waals surface area contributed by atoms with E-state index in [1.807, 2.05) is 32.1 Å². The number of aromatic nitrogens is 5. The van der Waals surface area contributed by atoms with Crippen molar-refractivity contribution in [3.8, 4) is 5.95 Å². The van der Waals surface area contributed by atoms with E-state index in [9.17, 15) is 0 Å². The Hall–Kier alpha value is -1.83. The summed E-state index contributed by atoms with van der Waals surface area (Å²) >= 11 is 1.97. The SMILES string of the molecule is CNc1nc(N(C)C2CCSC2)nc(-n2ccnc2)n1. The molecular formula is C12H17N7S. The number of anilines is 2. The van der Waals surface area contributed by atoms with Crippen molar-refractivity contribution >= 4 is 23.7 Å². The third kappa shape index (κ3) is 2.55. The monoisotopic (exact) mass is 291 g/mol. The molecule has 1 fully saturated rings. The van der Waals surface area contributed by atoms with Gasteiger partial charge in [0.05, 0.1) is 0 Å². The number of nitrogens with zero attached hydrogens (tertiary/aromatic N) is 6. The van der Waals surface area contributed by atoms with Crippen LogP contribution in [0, 0.1) is 0 Å². The molecule has 0 saturated carbocycles. The molecule has 2 aromatic rings. The van der Waals surface area contributed by atoms with Crippen LogP contribution in [0.2, 0.25) is 0 Å². The molecule has 3 rings (SSSR count). The van der Waals surface area contributed by atoms with Gasteiger partial charge in [-0.1, -0.05) is 0 Å². The lowest BCUT2D eigenvalue weighted by Crippen LogP contribution is -2.33. The van der Waals surface area contributed by atoms with Gasteiger partial charge < -0.3 is 10.2 Å². The third-order valence-electron chi connectivity index (χ3n) is 3.34. The first-order chi connectivity index (χ1) is 9.78. The van der Waals surface area contributed by atoms with E-state index in [0.29, 0.717) is 23.9 Å². The molecule has 106 valence electrons. The first-order valence-corrected chi connectivity index (χ1v) is 7.66. The fraction of sp³-hybridized carbons (Fsp3) is 0.500. The van der Waals surface area contributed by atoms with E-state index >= 15 is 0 Å². The second-order valence-corrected chi connectivity index (χ2v) is 5.76. The summed E-state index contributed by atoms with van der Waals surface area (Å²) in [6.45, 7) is 0. The van der Waals surface area contributed by atoms with Crippen molar-refractivity contribution in [3.63, 3.8) is 0 Å². The third-order valence-corrected chi connectivity index (χ3v) is 4.48. The van der Waals surface area contributed by atoms with Crippen LogP contribution < -0.4 is 10.2 Å². The van der Waals surface area contributed by atoms with Gasteiger partial charge in [-0.05, 0) is 12.2 Å². The summed E-state index contributed by atoms with van der Waals surface area (Å²) in [5.41, 5.74) is 0. The fourth-order valence-corrected chi connectivity index (χ4v) is 3.37. The fourth-order valence-electron chi connectivity index (χ4n) is 2.11. The lowest BCUT2D eigenvalue weighted by molar-refractivity contribution is 0.676. The molecular weight excluding hydrogens is 274 g/mol. The van der Waals surface area contributed by atoms with E-state index in [0.717, 1.165) is 5.75 Å². The number of nitrogens with one attached hydrogen (secondary N) is 1. The largest absolute Gasteiger partial charge is 0.357 e. The molecule has 0 spiro atoms. The van der Waals surface area contributed by atoms with Gasteiger partial charge in [-0.25, -0.2) is 4.98 Å². The number of hydrogen-bond acceptors (Lipinski definition) is 7. The van der Waals surface area contributed by atoms with Crippen molar-refractivity contribution in [3.05, 3.63) is 18.7 Å². The zero-order valence-corrected chi connectivity index (χ0v) is 12.3. The molecule has 3 heterocycles. The number of thioether (sulfide) groups is 1. The lowest BCUT2D eigenvalue weighted by atomic mass is 10.2. The second-order valence-electron chi connectivity index (χ2n) is 4.61. The van der Waals surface area contributed by atoms with E-state index in [2.05, 4.69) is 30.2 Å². The van der Waals surface area contributed by atoms with E-state index in [1.54, 1.807) is 17.1 Å². The number of hydrogen-bond donors (Lipinski definition) is 1. The van der Waals surface area contributed by atoms with Crippen LogP contribution in [0.25, 0.3) is 5.95 Å². The topological polar surface area (TPSA) is 71.8 Å². The van der Waals surface area contributed by atoms with Crippen molar-refractivity contribution in [2.45, 2.75) is 12.5 Å². The molecule has 1 N–H and O–H groups in total. The quantitative estimate of drug-likeness (QED) is 0.902. The average molecular weight is 291 g/mol. The molecule has 0 aromatic carbocycles. The van der Waals surface area contributed by atoms with Crippen molar-refractivity contribution in [1.82, 2.24) is 24.5 Å². The molecule has 0 amide bonds.